The van der Waals surface area contributed by atoms with Crippen molar-refractivity contribution < 1.29 is 19.4 Å². The third kappa shape index (κ3) is 4.07. The van der Waals surface area contributed by atoms with E-state index in [1.165, 1.54) is 5.57 Å². The molecule has 4 atom stereocenters. The van der Waals surface area contributed by atoms with Crippen LogP contribution in [0.1, 0.15) is 67.7 Å². The van der Waals surface area contributed by atoms with Gasteiger partial charge in [0.25, 0.3) is 0 Å². The molecule has 1 unspecified atom stereocenters. The maximum Gasteiger partial charge on any atom is 0.407 e. The van der Waals surface area contributed by atoms with E-state index in [1.807, 2.05) is 41.5 Å². The van der Waals surface area contributed by atoms with Crippen LogP contribution in [0.25, 0.3) is 0 Å². The van der Waals surface area contributed by atoms with Gasteiger partial charge in [0.15, 0.2) is 0 Å². The van der Waals surface area contributed by atoms with E-state index in [4.69, 9.17) is 4.74 Å². The van der Waals surface area contributed by atoms with Gasteiger partial charge in [-0.3, -0.25) is 4.79 Å². The van der Waals surface area contributed by atoms with Gasteiger partial charge in [-0.25, -0.2) is 4.79 Å². The smallest absolute Gasteiger partial charge is 0.407 e. The molecule has 0 bridgehead atoms. The average molecular weight is 366 g/mol. The molecule has 5 nitrogen and oxygen atoms in total. The van der Waals surface area contributed by atoms with Crippen LogP contribution < -0.4 is 5.32 Å². The number of amides is 1. The number of carbonyl (C=O) groups excluding carboxylic acids is 1. The lowest BCUT2D eigenvalue weighted by atomic mass is 9.46. The van der Waals surface area contributed by atoms with Gasteiger partial charge in [-0.05, 0) is 57.3 Å². The van der Waals surface area contributed by atoms with Crippen molar-refractivity contribution in [3.05, 3.63) is 11.6 Å². The summed E-state index contributed by atoms with van der Waals surface area (Å²) in [6.07, 6.45) is 4.71. The van der Waals surface area contributed by atoms with Crippen LogP contribution in [0.4, 0.5) is 4.79 Å². The Balaban J connectivity index is 2.28. The van der Waals surface area contributed by atoms with Crippen molar-refractivity contribution in [2.45, 2.75) is 73.3 Å². The summed E-state index contributed by atoms with van der Waals surface area (Å²) in [5, 5.41) is 12.9. The predicted molar refractivity (Wildman–Crippen MR) is 102 cm³/mol. The highest BCUT2D eigenvalue weighted by molar-refractivity contribution is 5.73. The number of hydrogen-bond acceptors (Lipinski definition) is 3. The summed E-state index contributed by atoms with van der Waals surface area (Å²) in [6.45, 7) is 13.9. The van der Waals surface area contributed by atoms with Crippen molar-refractivity contribution in [2.75, 3.05) is 6.54 Å². The SMILES string of the molecule is CCC1=C[C@H]2[C@@H](C1)C[C@]2(CNC(=O)OC(C)(C)C)C(C(=O)O)C(C)(C)C. The number of ether oxygens (including phenoxy) is 1. The maximum atomic E-state index is 12.2. The molecule has 0 radical (unpaired) electrons. The normalized spacial score (nSPS) is 29.3. The van der Waals surface area contributed by atoms with Gasteiger partial charge in [0.2, 0.25) is 0 Å². The second kappa shape index (κ2) is 6.90. The number of allylic oxidation sites excluding steroid dienone is 2. The molecule has 0 spiro atoms. The van der Waals surface area contributed by atoms with Gasteiger partial charge >= 0.3 is 12.1 Å². The summed E-state index contributed by atoms with van der Waals surface area (Å²) < 4.78 is 5.37. The number of carboxylic acids is 1. The Morgan fingerprint density at radius 2 is 1.92 bits per heavy atom. The van der Waals surface area contributed by atoms with E-state index in [9.17, 15) is 14.7 Å². The van der Waals surface area contributed by atoms with Crippen molar-refractivity contribution in [3.63, 3.8) is 0 Å². The van der Waals surface area contributed by atoms with Gasteiger partial charge in [0.05, 0.1) is 5.92 Å². The molecule has 148 valence electrons. The van der Waals surface area contributed by atoms with Crippen molar-refractivity contribution in [1.29, 1.82) is 0 Å². The zero-order valence-electron chi connectivity index (χ0n) is 17.3. The molecule has 2 aliphatic rings. The van der Waals surface area contributed by atoms with E-state index in [1.54, 1.807) is 0 Å². The molecule has 0 heterocycles. The van der Waals surface area contributed by atoms with Crippen LogP contribution in [-0.2, 0) is 9.53 Å². The summed E-state index contributed by atoms with van der Waals surface area (Å²) in [5.41, 5.74) is -0.00651. The molecule has 26 heavy (non-hydrogen) atoms. The minimum Gasteiger partial charge on any atom is -0.481 e. The number of fused-ring (bicyclic) bond motifs is 1. The third-order valence-corrected chi connectivity index (χ3v) is 5.86. The van der Waals surface area contributed by atoms with E-state index in [2.05, 4.69) is 18.3 Å². The summed E-state index contributed by atoms with van der Waals surface area (Å²) in [4.78, 5) is 24.4. The zero-order valence-corrected chi connectivity index (χ0v) is 17.3. The van der Waals surface area contributed by atoms with E-state index in [-0.39, 0.29) is 5.92 Å². The molecule has 0 aromatic heterocycles. The number of nitrogens with one attached hydrogen (secondary N) is 1. The van der Waals surface area contributed by atoms with E-state index < -0.39 is 34.4 Å². The molecule has 5 heteroatoms. The Bertz CT molecular complexity index is 596. The highest BCUT2D eigenvalue weighted by Crippen LogP contribution is 2.64. The number of alkyl carbamates (subject to hydrolysis) is 1. The van der Waals surface area contributed by atoms with Crippen molar-refractivity contribution in [1.82, 2.24) is 5.32 Å². The maximum absolute atomic E-state index is 12.2. The van der Waals surface area contributed by atoms with E-state index >= 15 is 0 Å². The highest BCUT2D eigenvalue weighted by atomic mass is 16.6. The molecular weight excluding hydrogens is 330 g/mol. The van der Waals surface area contributed by atoms with Crippen LogP contribution in [0.15, 0.2) is 11.6 Å². The van der Waals surface area contributed by atoms with Gasteiger partial charge in [-0.2, -0.15) is 0 Å². The summed E-state index contributed by atoms with van der Waals surface area (Å²) in [6, 6.07) is 0. The standard InChI is InChI=1S/C21H35NO4/c1-8-13-9-14-11-21(15(14)10-13,16(17(23)24)19(2,3)4)12-22-18(25)26-20(5,6)7/h10,14-16H,8-9,11-12H2,1-7H3,(H,22,25)(H,23,24)/t14-,15-,16?,21+/m0/s1. The molecule has 2 rings (SSSR count). The second-order valence-electron chi connectivity index (χ2n) is 10.1. The molecule has 1 saturated carbocycles. The Hall–Kier alpha value is -1.52. The number of aliphatic carboxylic acids is 1. The first-order valence-corrected chi connectivity index (χ1v) is 9.69. The molecule has 1 fully saturated rings. The first-order valence-electron chi connectivity index (χ1n) is 9.69. The van der Waals surface area contributed by atoms with Crippen LogP contribution in [0.2, 0.25) is 0 Å². The molecule has 2 N–H and O–H groups in total. The van der Waals surface area contributed by atoms with Gasteiger partial charge in [-0.15, -0.1) is 0 Å². The minimum atomic E-state index is -0.778. The van der Waals surface area contributed by atoms with Gasteiger partial charge in [0, 0.05) is 12.0 Å². The van der Waals surface area contributed by atoms with E-state index in [0.29, 0.717) is 12.5 Å². The van der Waals surface area contributed by atoms with Crippen LogP contribution in [0.3, 0.4) is 0 Å². The second-order valence-corrected chi connectivity index (χ2v) is 10.1. The molecule has 0 saturated heterocycles. The zero-order chi connectivity index (χ0) is 19.9. The van der Waals surface area contributed by atoms with Gasteiger partial charge in [0.1, 0.15) is 5.60 Å². The predicted octanol–water partition coefficient (Wildman–Crippen LogP) is 4.62. The van der Waals surface area contributed by atoms with Crippen LogP contribution >= 0.6 is 0 Å². The molecule has 1 amide bonds. The average Bonchev–Trinajstić information content (AvgIpc) is 2.77. The molecule has 0 aromatic rings. The molecular formula is C21H35NO4. The van der Waals surface area contributed by atoms with E-state index in [0.717, 1.165) is 19.3 Å². The third-order valence-electron chi connectivity index (χ3n) is 5.86. The summed E-state index contributed by atoms with van der Waals surface area (Å²) >= 11 is 0. The van der Waals surface area contributed by atoms with Crippen LogP contribution in [0.5, 0.6) is 0 Å². The summed E-state index contributed by atoms with van der Waals surface area (Å²) in [7, 11) is 0. The number of carbonyl (C=O) groups is 2. The van der Waals surface area contributed by atoms with Crippen molar-refractivity contribution >= 4 is 12.1 Å². The largest absolute Gasteiger partial charge is 0.481 e. The number of carboxylic acid groups (broad SMARTS) is 1. The Morgan fingerprint density at radius 3 is 2.38 bits per heavy atom. The lowest BCUT2D eigenvalue weighted by Gasteiger charge is -2.58. The van der Waals surface area contributed by atoms with Crippen molar-refractivity contribution in [2.24, 2.45) is 28.6 Å². The number of hydrogen-bond donors (Lipinski definition) is 2. The fourth-order valence-electron chi connectivity index (χ4n) is 5.11. The molecule has 2 aliphatic carbocycles. The fraction of sp³-hybridized carbons (Fsp3) is 0.810. The molecule has 0 aromatic carbocycles. The Labute approximate surface area is 157 Å². The highest BCUT2D eigenvalue weighted by Gasteiger charge is 2.62. The first-order chi connectivity index (χ1) is 11.8. The Kier molecular flexibility index (Phi) is 5.51. The quantitative estimate of drug-likeness (QED) is 0.697. The monoisotopic (exact) mass is 365 g/mol. The fourth-order valence-corrected chi connectivity index (χ4v) is 5.11. The van der Waals surface area contributed by atoms with Crippen LogP contribution in [-0.4, -0.2) is 29.3 Å². The topological polar surface area (TPSA) is 75.6 Å². The summed E-state index contributed by atoms with van der Waals surface area (Å²) in [5.74, 6) is -0.582. The van der Waals surface area contributed by atoms with Gasteiger partial charge in [-0.1, -0.05) is 39.3 Å². The minimum absolute atomic E-state index is 0.215. The van der Waals surface area contributed by atoms with Gasteiger partial charge < -0.3 is 15.2 Å². The lowest BCUT2D eigenvalue weighted by Crippen LogP contribution is -2.61. The lowest BCUT2D eigenvalue weighted by molar-refractivity contribution is -0.167. The first kappa shape index (κ1) is 20.8. The van der Waals surface area contributed by atoms with Crippen molar-refractivity contribution in [3.8, 4) is 0 Å². The Morgan fingerprint density at radius 1 is 1.31 bits per heavy atom. The number of rotatable bonds is 5. The molecule has 0 aliphatic heterocycles. The van der Waals surface area contributed by atoms with Crippen LogP contribution in [0, 0.1) is 28.6 Å².